The van der Waals surface area contributed by atoms with Crippen LogP contribution >= 0.6 is 0 Å². The summed E-state index contributed by atoms with van der Waals surface area (Å²) in [7, 11) is 2.00. The van der Waals surface area contributed by atoms with Crippen LogP contribution in [0.2, 0.25) is 0 Å². The highest BCUT2D eigenvalue weighted by atomic mass is 16.2. The number of likely N-dealkylation sites (tertiary alicyclic amines) is 1. The molecule has 1 spiro atoms. The minimum atomic E-state index is -0.837. The third-order valence-electron chi connectivity index (χ3n) is 6.56. The lowest BCUT2D eigenvalue weighted by Crippen LogP contribution is -2.52. The number of hydrazine groups is 1. The van der Waals surface area contributed by atoms with E-state index in [0.29, 0.717) is 18.8 Å². The molecule has 0 bridgehead atoms. The molecule has 0 unspecified atom stereocenters. The van der Waals surface area contributed by atoms with Gasteiger partial charge in [-0.15, -0.1) is 0 Å². The second-order valence-electron chi connectivity index (χ2n) is 8.54. The second-order valence-corrected chi connectivity index (χ2v) is 8.54. The van der Waals surface area contributed by atoms with Gasteiger partial charge in [-0.3, -0.25) is 19.9 Å². The third-order valence-corrected chi connectivity index (χ3v) is 6.56. The van der Waals surface area contributed by atoms with Crippen molar-refractivity contribution < 1.29 is 14.4 Å². The van der Waals surface area contributed by atoms with Gasteiger partial charge in [-0.25, -0.2) is 4.79 Å². The highest BCUT2D eigenvalue weighted by Gasteiger charge is 2.53. The van der Waals surface area contributed by atoms with E-state index in [1.807, 2.05) is 19.3 Å². The molecule has 2 aliphatic heterocycles. The van der Waals surface area contributed by atoms with E-state index < -0.39 is 11.6 Å². The van der Waals surface area contributed by atoms with Gasteiger partial charge in [0.2, 0.25) is 0 Å². The second kappa shape index (κ2) is 7.24. The Balaban J connectivity index is 1.39. The molecule has 1 saturated carbocycles. The molecule has 8 nitrogen and oxygen atoms in total. The average Bonchev–Trinajstić information content (AvgIpc) is 3.33. The number of hydrogen-bond donors (Lipinski definition) is 2. The van der Waals surface area contributed by atoms with Crippen LogP contribution in [0.3, 0.4) is 0 Å². The van der Waals surface area contributed by atoms with Gasteiger partial charge >= 0.3 is 6.03 Å². The summed E-state index contributed by atoms with van der Waals surface area (Å²) in [6.07, 6.45) is 7.09. The molecule has 3 aliphatic rings. The third kappa shape index (κ3) is 3.30. The Hall–Kier alpha value is -2.35. The number of nitrogens with one attached hydrogen (secondary N) is 2. The number of amides is 4. The molecule has 28 heavy (non-hydrogen) atoms. The molecule has 2 saturated heterocycles. The maximum absolute atomic E-state index is 12.9. The van der Waals surface area contributed by atoms with Crippen molar-refractivity contribution in [2.24, 2.45) is 13.0 Å². The van der Waals surface area contributed by atoms with Crippen LogP contribution in [0.5, 0.6) is 0 Å². The molecule has 4 amide bonds. The Bertz CT molecular complexity index is 781. The zero-order valence-corrected chi connectivity index (χ0v) is 16.6. The number of nitrogens with zero attached hydrogens (tertiary/aromatic N) is 3. The van der Waals surface area contributed by atoms with Crippen LogP contribution in [0.15, 0.2) is 18.3 Å². The van der Waals surface area contributed by atoms with Gasteiger partial charge in [0.15, 0.2) is 0 Å². The molecule has 8 heteroatoms. The summed E-state index contributed by atoms with van der Waals surface area (Å²) in [6, 6.07) is 3.74. The fourth-order valence-electron chi connectivity index (χ4n) is 4.83. The van der Waals surface area contributed by atoms with Crippen molar-refractivity contribution in [2.75, 3.05) is 13.1 Å². The number of aromatic nitrogens is 1. The number of urea groups is 1. The molecule has 1 aliphatic carbocycles. The van der Waals surface area contributed by atoms with Gasteiger partial charge < -0.3 is 9.88 Å². The van der Waals surface area contributed by atoms with Crippen LogP contribution in [0.25, 0.3) is 0 Å². The zero-order chi connectivity index (χ0) is 19.9. The number of carbonyl (C=O) groups is 3. The largest absolute Gasteiger partial charge is 0.353 e. The van der Waals surface area contributed by atoms with Crippen LogP contribution in [0.4, 0.5) is 4.79 Å². The van der Waals surface area contributed by atoms with Crippen LogP contribution in [0, 0.1) is 5.92 Å². The first-order chi connectivity index (χ1) is 13.4. The molecule has 4 rings (SSSR count). The molecule has 3 fully saturated rings. The van der Waals surface area contributed by atoms with Gasteiger partial charge in [-0.1, -0.05) is 6.92 Å². The number of imide groups is 1. The summed E-state index contributed by atoms with van der Waals surface area (Å²) in [6.45, 7) is 3.15. The quantitative estimate of drug-likeness (QED) is 0.770. The lowest BCUT2D eigenvalue weighted by atomic mass is 9.77. The first-order valence-corrected chi connectivity index (χ1v) is 10.2. The number of hydrogen-bond acceptors (Lipinski definition) is 4. The molecule has 2 N–H and O–H groups in total. The lowest BCUT2D eigenvalue weighted by Gasteiger charge is -2.33. The zero-order valence-electron chi connectivity index (χ0n) is 16.6. The average molecular weight is 387 g/mol. The molecule has 0 aromatic carbocycles. The van der Waals surface area contributed by atoms with Gasteiger partial charge in [0, 0.05) is 18.9 Å². The Morgan fingerprint density at radius 1 is 1.29 bits per heavy atom. The van der Waals surface area contributed by atoms with E-state index in [1.165, 1.54) is 5.69 Å². The van der Waals surface area contributed by atoms with Gasteiger partial charge in [0.1, 0.15) is 5.54 Å². The highest BCUT2D eigenvalue weighted by Crippen LogP contribution is 2.36. The van der Waals surface area contributed by atoms with E-state index in [4.69, 9.17) is 0 Å². The van der Waals surface area contributed by atoms with Gasteiger partial charge in [0.05, 0.1) is 12.6 Å². The number of carbonyl (C=O) groups excluding carboxylic acids is 3. The van der Waals surface area contributed by atoms with E-state index in [1.54, 1.807) is 0 Å². The standard InChI is InChI=1S/C20H29N5O3/c1-14-7-9-20(10-8-14)18(27)25(19(28)21-20)22-17(26)13-24-12-4-6-16(24)15-5-3-11-23(15)2/h3,5,11,14,16H,4,6-10,12-13H2,1-2H3,(H,21,28)(H,22,26)/t14?,16-,20?/m0/s1. The first kappa shape index (κ1) is 19.0. The summed E-state index contributed by atoms with van der Waals surface area (Å²) in [5.74, 6) is -0.0902. The smallest absolute Gasteiger partial charge is 0.344 e. The normalized spacial score (nSPS) is 30.9. The van der Waals surface area contributed by atoms with Crippen LogP contribution < -0.4 is 10.7 Å². The molecule has 1 atom stereocenters. The molecule has 1 aromatic rings. The van der Waals surface area contributed by atoms with E-state index in [0.717, 1.165) is 37.2 Å². The Kier molecular flexibility index (Phi) is 4.91. The minimum Gasteiger partial charge on any atom is -0.353 e. The topological polar surface area (TPSA) is 86.7 Å². The summed E-state index contributed by atoms with van der Waals surface area (Å²) in [4.78, 5) is 40.0. The van der Waals surface area contributed by atoms with E-state index >= 15 is 0 Å². The summed E-state index contributed by atoms with van der Waals surface area (Å²) in [5, 5.41) is 3.73. The van der Waals surface area contributed by atoms with Crippen LogP contribution in [0.1, 0.15) is 57.2 Å². The lowest BCUT2D eigenvalue weighted by molar-refractivity contribution is -0.140. The first-order valence-electron chi connectivity index (χ1n) is 10.2. The molecular formula is C20H29N5O3. The van der Waals surface area contributed by atoms with Crippen LogP contribution in [-0.2, 0) is 16.6 Å². The summed E-state index contributed by atoms with van der Waals surface area (Å²) in [5.41, 5.74) is 2.89. The van der Waals surface area contributed by atoms with Gasteiger partial charge in [0.25, 0.3) is 11.8 Å². The highest BCUT2D eigenvalue weighted by molar-refractivity contribution is 6.08. The predicted molar refractivity (Wildman–Crippen MR) is 103 cm³/mol. The Labute approximate surface area is 165 Å². The molecule has 1 aromatic heterocycles. The molecule has 152 valence electrons. The fraction of sp³-hybridized carbons (Fsp3) is 0.650. The van der Waals surface area contributed by atoms with Crippen molar-refractivity contribution in [1.29, 1.82) is 0 Å². The minimum absolute atomic E-state index is 0.164. The van der Waals surface area contributed by atoms with Crippen molar-refractivity contribution in [3.63, 3.8) is 0 Å². The number of rotatable bonds is 4. The maximum Gasteiger partial charge on any atom is 0.344 e. The Morgan fingerprint density at radius 2 is 2.04 bits per heavy atom. The summed E-state index contributed by atoms with van der Waals surface area (Å²) < 4.78 is 2.08. The molecular weight excluding hydrogens is 358 g/mol. The van der Waals surface area contributed by atoms with Gasteiger partial charge in [-0.2, -0.15) is 5.01 Å². The predicted octanol–water partition coefficient (Wildman–Crippen LogP) is 1.69. The number of aryl methyl sites for hydroxylation is 1. The van der Waals surface area contributed by atoms with Crippen LogP contribution in [-0.4, -0.2) is 50.9 Å². The van der Waals surface area contributed by atoms with Crippen molar-refractivity contribution in [2.45, 2.75) is 57.0 Å². The SMILES string of the molecule is CC1CCC2(CC1)NC(=O)N(NC(=O)CN1CCC[C@H]1c1cccn1C)C2=O. The fourth-order valence-corrected chi connectivity index (χ4v) is 4.83. The van der Waals surface area contributed by atoms with Crippen molar-refractivity contribution in [3.05, 3.63) is 24.0 Å². The van der Waals surface area contributed by atoms with Crippen molar-refractivity contribution >= 4 is 17.8 Å². The van der Waals surface area contributed by atoms with E-state index in [2.05, 4.69) is 33.2 Å². The maximum atomic E-state index is 12.9. The van der Waals surface area contributed by atoms with Gasteiger partial charge in [-0.05, 0) is 63.1 Å². The monoisotopic (exact) mass is 387 g/mol. The van der Waals surface area contributed by atoms with E-state index in [-0.39, 0.29) is 24.4 Å². The molecule has 0 radical (unpaired) electrons. The Morgan fingerprint density at radius 3 is 2.71 bits per heavy atom. The molecule has 3 heterocycles. The van der Waals surface area contributed by atoms with Crippen molar-refractivity contribution in [1.82, 2.24) is 25.2 Å². The summed E-state index contributed by atoms with van der Waals surface area (Å²) >= 11 is 0. The van der Waals surface area contributed by atoms with E-state index in [9.17, 15) is 14.4 Å². The van der Waals surface area contributed by atoms with Crippen molar-refractivity contribution in [3.8, 4) is 0 Å².